The number of rotatable bonds is 7. The van der Waals surface area contributed by atoms with Crippen molar-refractivity contribution in [1.29, 1.82) is 0 Å². The van der Waals surface area contributed by atoms with E-state index < -0.39 is 12.1 Å². The molecule has 1 saturated heterocycles. The van der Waals surface area contributed by atoms with Crippen LogP contribution in [-0.2, 0) is 16.0 Å². The lowest BCUT2D eigenvalue weighted by Gasteiger charge is -2.24. The van der Waals surface area contributed by atoms with E-state index in [1.165, 1.54) is 0 Å². The Bertz CT molecular complexity index is 807. The number of carboxylic acid groups (broad SMARTS) is 1. The lowest BCUT2D eigenvalue weighted by Crippen LogP contribution is -2.43. The topological polar surface area (TPSA) is 81.1 Å². The number of aliphatic hydroxyl groups excluding tert-OH is 1. The fraction of sp³-hybridized carbons (Fsp3) is 0.364. The summed E-state index contributed by atoms with van der Waals surface area (Å²) in [5, 5.41) is 19.1. The van der Waals surface area contributed by atoms with Gasteiger partial charge in [0.05, 0.1) is 18.7 Å². The van der Waals surface area contributed by atoms with Gasteiger partial charge in [-0.15, -0.1) is 0 Å². The van der Waals surface area contributed by atoms with Crippen molar-refractivity contribution in [3.8, 4) is 11.1 Å². The lowest BCUT2D eigenvalue weighted by molar-refractivity contribution is -0.138. The number of hydrogen-bond donors (Lipinski definition) is 2. The first-order valence-electron chi connectivity index (χ1n) is 9.46. The second kappa shape index (κ2) is 8.99. The Kier molecular flexibility index (Phi) is 6.44. The molecule has 28 heavy (non-hydrogen) atoms. The largest absolute Gasteiger partial charge is 0.480 e. The van der Waals surface area contributed by atoms with Crippen LogP contribution in [0.15, 0.2) is 54.6 Å². The van der Waals surface area contributed by atoms with Crippen LogP contribution < -0.4 is 0 Å². The molecule has 2 aromatic carbocycles. The number of aliphatic carboxylic acids is 1. The molecule has 1 heterocycles. The Labute approximate surface area is 165 Å². The van der Waals surface area contributed by atoms with Crippen LogP contribution in [0, 0.1) is 0 Å². The van der Waals surface area contributed by atoms with Gasteiger partial charge in [0.1, 0.15) is 0 Å². The summed E-state index contributed by atoms with van der Waals surface area (Å²) < 4.78 is 0. The Morgan fingerprint density at radius 3 is 2.32 bits per heavy atom. The number of carboxylic acids is 1. The number of carbonyl (C=O) groups excluding carboxylic acids is 1. The van der Waals surface area contributed by atoms with Gasteiger partial charge in [-0.05, 0) is 30.2 Å². The molecule has 6 heteroatoms. The first-order chi connectivity index (χ1) is 13.4. The maximum absolute atomic E-state index is 12.5. The average molecular weight is 382 g/mol. The van der Waals surface area contributed by atoms with Crippen LogP contribution >= 0.6 is 0 Å². The maximum Gasteiger partial charge on any atom is 0.317 e. The van der Waals surface area contributed by atoms with Gasteiger partial charge in [0.2, 0.25) is 5.91 Å². The number of aryl methyl sites for hydroxylation is 1. The third-order valence-electron chi connectivity index (χ3n) is 5.25. The molecule has 2 atom stereocenters. The van der Waals surface area contributed by atoms with E-state index in [-0.39, 0.29) is 25.0 Å². The Morgan fingerprint density at radius 2 is 1.68 bits per heavy atom. The first kappa shape index (κ1) is 20.0. The molecular weight excluding hydrogens is 356 g/mol. The van der Waals surface area contributed by atoms with Gasteiger partial charge < -0.3 is 15.1 Å². The van der Waals surface area contributed by atoms with Crippen LogP contribution in [0.1, 0.15) is 12.0 Å². The number of hydrogen-bond acceptors (Lipinski definition) is 4. The molecule has 0 spiro atoms. The molecule has 2 N–H and O–H groups in total. The molecule has 1 fully saturated rings. The lowest BCUT2D eigenvalue weighted by atomic mass is 10.0. The van der Waals surface area contributed by atoms with E-state index in [2.05, 4.69) is 24.3 Å². The van der Waals surface area contributed by atoms with E-state index in [0.29, 0.717) is 19.4 Å². The number of amides is 1. The van der Waals surface area contributed by atoms with Crippen molar-refractivity contribution in [2.24, 2.45) is 0 Å². The van der Waals surface area contributed by atoms with Crippen LogP contribution in [0.25, 0.3) is 11.1 Å². The zero-order valence-corrected chi connectivity index (χ0v) is 16.0. The standard InChI is InChI=1S/C22H26N2O4/c1-23(15-22(27)28)19-13-24(14-20(19)25)21(26)12-9-16-7-10-18(11-8-16)17-5-3-2-4-6-17/h2-8,10-11,19-20,25H,9,12-15H2,1H3,(H,27,28)/t19-,20-/m1/s1. The summed E-state index contributed by atoms with van der Waals surface area (Å²) in [6, 6.07) is 18.0. The normalized spacial score (nSPS) is 19.2. The summed E-state index contributed by atoms with van der Waals surface area (Å²) >= 11 is 0. The fourth-order valence-corrected chi connectivity index (χ4v) is 3.64. The van der Waals surface area contributed by atoms with E-state index in [0.717, 1.165) is 16.7 Å². The van der Waals surface area contributed by atoms with Gasteiger partial charge in [0, 0.05) is 19.5 Å². The molecule has 0 aliphatic carbocycles. The molecule has 148 valence electrons. The minimum atomic E-state index is -0.946. The number of likely N-dealkylation sites (tertiary alicyclic amines) is 1. The number of likely N-dealkylation sites (N-methyl/N-ethyl adjacent to an activating group) is 1. The van der Waals surface area contributed by atoms with Gasteiger partial charge in [0.15, 0.2) is 0 Å². The van der Waals surface area contributed by atoms with E-state index >= 15 is 0 Å². The van der Waals surface area contributed by atoms with Crippen LogP contribution in [0.4, 0.5) is 0 Å². The van der Waals surface area contributed by atoms with Gasteiger partial charge in [-0.1, -0.05) is 54.6 Å². The number of nitrogens with zero attached hydrogens (tertiary/aromatic N) is 2. The number of carbonyl (C=O) groups is 2. The highest BCUT2D eigenvalue weighted by Gasteiger charge is 2.36. The molecule has 3 rings (SSSR count). The van der Waals surface area contributed by atoms with Crippen LogP contribution in [-0.4, -0.2) is 70.7 Å². The first-order valence-corrected chi connectivity index (χ1v) is 9.46. The minimum absolute atomic E-state index is 0.0163. The van der Waals surface area contributed by atoms with Crippen molar-refractivity contribution in [3.05, 3.63) is 60.2 Å². The van der Waals surface area contributed by atoms with E-state index in [9.17, 15) is 14.7 Å². The number of aliphatic hydroxyl groups is 1. The quantitative estimate of drug-likeness (QED) is 0.764. The van der Waals surface area contributed by atoms with E-state index in [1.54, 1.807) is 16.8 Å². The highest BCUT2D eigenvalue weighted by atomic mass is 16.4. The smallest absolute Gasteiger partial charge is 0.317 e. The molecule has 0 bridgehead atoms. The SMILES string of the molecule is CN(CC(=O)O)[C@@H]1CN(C(=O)CCc2ccc(-c3ccccc3)cc2)C[C@H]1O. The second-order valence-electron chi connectivity index (χ2n) is 7.31. The highest BCUT2D eigenvalue weighted by molar-refractivity contribution is 5.77. The summed E-state index contributed by atoms with van der Waals surface area (Å²) in [7, 11) is 1.66. The van der Waals surface area contributed by atoms with E-state index in [4.69, 9.17) is 5.11 Å². The van der Waals surface area contributed by atoms with E-state index in [1.807, 2.05) is 30.3 Å². The number of benzene rings is 2. The summed E-state index contributed by atoms with van der Waals surface area (Å²) in [4.78, 5) is 26.6. The van der Waals surface area contributed by atoms with Crippen molar-refractivity contribution in [2.45, 2.75) is 25.0 Å². The third-order valence-corrected chi connectivity index (χ3v) is 5.25. The molecule has 2 aromatic rings. The maximum atomic E-state index is 12.5. The molecule has 6 nitrogen and oxygen atoms in total. The van der Waals surface area contributed by atoms with Gasteiger partial charge in [0.25, 0.3) is 0 Å². The van der Waals surface area contributed by atoms with Crippen LogP contribution in [0.3, 0.4) is 0 Å². The van der Waals surface area contributed by atoms with Gasteiger partial charge in [-0.25, -0.2) is 0 Å². The van der Waals surface area contributed by atoms with Gasteiger partial charge in [-0.2, -0.15) is 0 Å². The summed E-state index contributed by atoms with van der Waals surface area (Å²) in [5.74, 6) is -0.962. The molecule has 0 saturated carbocycles. The highest BCUT2D eigenvalue weighted by Crippen LogP contribution is 2.21. The Morgan fingerprint density at radius 1 is 1.04 bits per heavy atom. The molecule has 1 amide bonds. The fourth-order valence-electron chi connectivity index (χ4n) is 3.64. The van der Waals surface area contributed by atoms with Crippen molar-refractivity contribution in [3.63, 3.8) is 0 Å². The van der Waals surface area contributed by atoms with Gasteiger partial charge >= 0.3 is 5.97 Å². The van der Waals surface area contributed by atoms with Gasteiger partial charge in [-0.3, -0.25) is 14.5 Å². The van der Waals surface area contributed by atoms with Crippen molar-refractivity contribution in [2.75, 3.05) is 26.7 Å². The zero-order chi connectivity index (χ0) is 20.1. The molecule has 1 aliphatic rings. The Hall–Kier alpha value is -2.70. The molecule has 1 aliphatic heterocycles. The average Bonchev–Trinajstić information content (AvgIpc) is 3.09. The van der Waals surface area contributed by atoms with Crippen LogP contribution in [0.2, 0.25) is 0 Å². The molecule has 0 unspecified atom stereocenters. The third kappa shape index (κ3) is 4.97. The summed E-state index contributed by atoms with van der Waals surface area (Å²) in [5.41, 5.74) is 3.39. The van der Waals surface area contributed by atoms with Crippen molar-refractivity contribution < 1.29 is 19.8 Å². The predicted octanol–water partition coefficient (Wildman–Crippen LogP) is 1.87. The number of β-amino-alcohol motifs (C(OH)–C–C–N with tert-alkyl or cyclic N) is 1. The predicted molar refractivity (Wildman–Crippen MR) is 107 cm³/mol. The molecular formula is C22H26N2O4. The monoisotopic (exact) mass is 382 g/mol. The Balaban J connectivity index is 1.52. The van der Waals surface area contributed by atoms with Crippen molar-refractivity contribution in [1.82, 2.24) is 9.80 Å². The molecule has 0 aromatic heterocycles. The summed E-state index contributed by atoms with van der Waals surface area (Å²) in [6.45, 7) is 0.453. The molecule has 0 radical (unpaired) electrons. The van der Waals surface area contributed by atoms with Crippen molar-refractivity contribution >= 4 is 11.9 Å². The van der Waals surface area contributed by atoms with Crippen LogP contribution in [0.5, 0.6) is 0 Å². The zero-order valence-electron chi connectivity index (χ0n) is 16.0. The second-order valence-corrected chi connectivity index (χ2v) is 7.31. The summed E-state index contributed by atoms with van der Waals surface area (Å²) in [6.07, 6.45) is 0.279. The minimum Gasteiger partial charge on any atom is -0.480 e.